The van der Waals surface area contributed by atoms with Gasteiger partial charge in [0.05, 0.1) is 0 Å². The number of fused-ring (bicyclic) bond motifs is 1. The Labute approximate surface area is 114 Å². The van der Waals surface area contributed by atoms with Crippen LogP contribution < -0.4 is 10.6 Å². The number of nitrogens with one attached hydrogen (secondary N) is 2. The quantitative estimate of drug-likeness (QED) is 0.872. The lowest BCUT2D eigenvalue weighted by Crippen LogP contribution is -2.40. The number of para-hydroxylation sites is 1. The van der Waals surface area contributed by atoms with Gasteiger partial charge in [-0.15, -0.1) is 0 Å². The van der Waals surface area contributed by atoms with Crippen molar-refractivity contribution >= 4 is 11.6 Å². The molecule has 1 unspecified atom stereocenters. The van der Waals surface area contributed by atoms with E-state index in [9.17, 15) is 4.79 Å². The van der Waals surface area contributed by atoms with Crippen molar-refractivity contribution in [1.82, 2.24) is 5.32 Å². The van der Waals surface area contributed by atoms with Crippen molar-refractivity contribution in [1.29, 1.82) is 0 Å². The van der Waals surface area contributed by atoms with Gasteiger partial charge >= 0.3 is 0 Å². The zero-order valence-electron chi connectivity index (χ0n) is 11.5. The first-order valence-corrected chi connectivity index (χ1v) is 7.26. The van der Waals surface area contributed by atoms with Crippen LogP contribution in [0.1, 0.15) is 44.1 Å². The van der Waals surface area contributed by atoms with Crippen LogP contribution in [0.3, 0.4) is 0 Å². The second-order valence-corrected chi connectivity index (χ2v) is 6.31. The van der Waals surface area contributed by atoms with Gasteiger partial charge in [-0.2, -0.15) is 0 Å². The van der Waals surface area contributed by atoms with E-state index in [0.717, 1.165) is 13.1 Å². The first kappa shape index (κ1) is 12.5. The number of hydrogen-bond acceptors (Lipinski definition) is 2. The van der Waals surface area contributed by atoms with Crippen molar-refractivity contribution in [3.8, 4) is 0 Å². The molecule has 0 bridgehead atoms. The molecule has 1 amide bonds. The molecule has 1 heterocycles. The van der Waals surface area contributed by atoms with Gasteiger partial charge in [0.2, 0.25) is 5.91 Å². The zero-order valence-corrected chi connectivity index (χ0v) is 11.5. The molecule has 2 aliphatic rings. The van der Waals surface area contributed by atoms with Crippen molar-refractivity contribution in [2.45, 2.75) is 38.5 Å². The number of anilines is 1. The summed E-state index contributed by atoms with van der Waals surface area (Å²) in [5.41, 5.74) is 2.83. The molecule has 2 N–H and O–H groups in total. The maximum absolute atomic E-state index is 12.1. The Morgan fingerprint density at radius 3 is 2.95 bits per heavy atom. The molecule has 1 aromatic carbocycles. The van der Waals surface area contributed by atoms with Crippen LogP contribution in [0.2, 0.25) is 0 Å². The number of amides is 1. The van der Waals surface area contributed by atoms with Crippen LogP contribution in [-0.4, -0.2) is 19.0 Å². The van der Waals surface area contributed by atoms with Crippen LogP contribution in [0.25, 0.3) is 0 Å². The van der Waals surface area contributed by atoms with Crippen LogP contribution in [-0.2, 0) is 4.79 Å². The molecule has 0 spiro atoms. The monoisotopic (exact) mass is 258 g/mol. The molecule has 0 aromatic heterocycles. The third-order valence-electron chi connectivity index (χ3n) is 4.64. The molecule has 102 valence electrons. The van der Waals surface area contributed by atoms with Gasteiger partial charge in [-0.3, -0.25) is 4.79 Å². The molecule has 1 aliphatic carbocycles. The second-order valence-electron chi connectivity index (χ2n) is 6.31. The van der Waals surface area contributed by atoms with Crippen molar-refractivity contribution in [3.63, 3.8) is 0 Å². The predicted molar refractivity (Wildman–Crippen MR) is 77.3 cm³/mol. The summed E-state index contributed by atoms with van der Waals surface area (Å²) in [7, 11) is 0. The van der Waals surface area contributed by atoms with Crippen LogP contribution in [0, 0.1) is 5.41 Å². The molecule has 1 aromatic rings. The molecular weight excluding hydrogens is 236 g/mol. The average molecular weight is 258 g/mol. The molecule has 1 fully saturated rings. The van der Waals surface area contributed by atoms with Crippen LogP contribution in [0.15, 0.2) is 24.3 Å². The fourth-order valence-electron chi connectivity index (χ4n) is 3.10. The first-order chi connectivity index (χ1) is 9.16. The molecule has 3 nitrogen and oxygen atoms in total. The number of carbonyl (C=O) groups is 1. The predicted octanol–water partition coefficient (Wildman–Crippen LogP) is 2.89. The summed E-state index contributed by atoms with van der Waals surface area (Å²) >= 11 is 0. The Balaban J connectivity index is 1.53. The standard InChI is InChI=1S/C16H22N2O/c1-16(7-4-8-16)11-18-15(19)9-12-10-17-14-6-3-2-5-13(12)14/h2-3,5-6,12,17H,4,7-11H2,1H3,(H,18,19). The van der Waals surface area contributed by atoms with Gasteiger partial charge < -0.3 is 10.6 Å². The van der Waals surface area contributed by atoms with E-state index in [1.807, 2.05) is 12.1 Å². The van der Waals surface area contributed by atoms with E-state index < -0.39 is 0 Å². The average Bonchev–Trinajstić information content (AvgIpc) is 2.78. The van der Waals surface area contributed by atoms with Crippen LogP contribution >= 0.6 is 0 Å². The van der Waals surface area contributed by atoms with E-state index in [2.05, 4.69) is 29.7 Å². The van der Waals surface area contributed by atoms with E-state index >= 15 is 0 Å². The highest BCUT2D eigenvalue weighted by Crippen LogP contribution is 2.39. The van der Waals surface area contributed by atoms with Crippen molar-refractivity contribution in [2.24, 2.45) is 5.41 Å². The normalized spacial score (nSPS) is 23.1. The Morgan fingerprint density at radius 2 is 2.21 bits per heavy atom. The summed E-state index contributed by atoms with van der Waals surface area (Å²) in [4.78, 5) is 12.1. The SMILES string of the molecule is CC1(CNC(=O)CC2CNc3ccccc32)CCC1. The van der Waals surface area contributed by atoms with Crippen molar-refractivity contribution < 1.29 is 4.79 Å². The second kappa shape index (κ2) is 4.87. The number of hydrogen-bond donors (Lipinski definition) is 2. The Kier molecular flexibility index (Phi) is 3.21. The lowest BCUT2D eigenvalue weighted by Gasteiger charge is -2.38. The Bertz CT molecular complexity index is 479. The number of benzene rings is 1. The maximum atomic E-state index is 12.1. The maximum Gasteiger partial charge on any atom is 0.220 e. The summed E-state index contributed by atoms with van der Waals surface area (Å²) in [5, 5.41) is 6.49. The minimum Gasteiger partial charge on any atom is -0.384 e. The molecule has 3 heteroatoms. The van der Waals surface area contributed by atoms with Crippen molar-refractivity contribution in [3.05, 3.63) is 29.8 Å². The van der Waals surface area contributed by atoms with Gasteiger partial charge in [-0.1, -0.05) is 31.5 Å². The summed E-state index contributed by atoms with van der Waals surface area (Å²) in [6.07, 6.45) is 4.41. The molecule has 0 radical (unpaired) electrons. The summed E-state index contributed by atoms with van der Waals surface area (Å²) in [6, 6.07) is 8.29. The highest BCUT2D eigenvalue weighted by Gasteiger charge is 2.32. The van der Waals surface area contributed by atoms with Gasteiger partial charge in [-0.25, -0.2) is 0 Å². The molecular formula is C16H22N2O. The third kappa shape index (κ3) is 2.60. The van der Waals surface area contributed by atoms with E-state index in [4.69, 9.17) is 0 Å². The number of rotatable bonds is 4. The Hall–Kier alpha value is -1.51. The van der Waals surface area contributed by atoms with Gasteiger partial charge in [0, 0.05) is 31.1 Å². The zero-order chi connectivity index (χ0) is 13.3. The van der Waals surface area contributed by atoms with Crippen molar-refractivity contribution in [2.75, 3.05) is 18.4 Å². The minimum atomic E-state index is 0.191. The lowest BCUT2D eigenvalue weighted by molar-refractivity contribution is -0.122. The van der Waals surface area contributed by atoms with Gasteiger partial charge in [0.1, 0.15) is 0 Å². The minimum absolute atomic E-state index is 0.191. The largest absolute Gasteiger partial charge is 0.384 e. The first-order valence-electron chi connectivity index (χ1n) is 7.26. The number of carbonyl (C=O) groups excluding carboxylic acids is 1. The molecule has 1 atom stereocenters. The topological polar surface area (TPSA) is 41.1 Å². The third-order valence-corrected chi connectivity index (χ3v) is 4.64. The van der Waals surface area contributed by atoms with E-state index in [0.29, 0.717) is 17.8 Å². The molecule has 19 heavy (non-hydrogen) atoms. The van der Waals surface area contributed by atoms with Gasteiger partial charge in [0.25, 0.3) is 0 Å². The molecule has 3 rings (SSSR count). The molecule has 1 saturated carbocycles. The van der Waals surface area contributed by atoms with Gasteiger partial charge in [0.15, 0.2) is 0 Å². The molecule has 1 aliphatic heterocycles. The Morgan fingerprint density at radius 1 is 1.42 bits per heavy atom. The van der Waals surface area contributed by atoms with Crippen LogP contribution in [0.4, 0.5) is 5.69 Å². The summed E-state index contributed by atoms with van der Waals surface area (Å²) in [5.74, 6) is 0.516. The van der Waals surface area contributed by atoms with Gasteiger partial charge in [-0.05, 0) is 29.9 Å². The fraction of sp³-hybridized carbons (Fsp3) is 0.562. The lowest BCUT2D eigenvalue weighted by atomic mass is 9.70. The smallest absolute Gasteiger partial charge is 0.220 e. The van der Waals surface area contributed by atoms with Crippen LogP contribution in [0.5, 0.6) is 0 Å². The molecule has 0 saturated heterocycles. The summed E-state index contributed by atoms with van der Waals surface area (Å²) in [6.45, 7) is 3.99. The highest BCUT2D eigenvalue weighted by atomic mass is 16.1. The highest BCUT2D eigenvalue weighted by molar-refractivity contribution is 5.78. The van der Waals surface area contributed by atoms with E-state index in [1.54, 1.807) is 0 Å². The fourth-order valence-corrected chi connectivity index (χ4v) is 3.10. The summed E-state index contributed by atoms with van der Waals surface area (Å²) < 4.78 is 0. The van der Waals surface area contributed by atoms with E-state index in [1.165, 1.54) is 30.5 Å². The van der Waals surface area contributed by atoms with E-state index in [-0.39, 0.29) is 5.91 Å².